The number of nitrogens with one attached hydrogen (secondary N) is 2. The smallest absolute Gasteiger partial charge is 0.191 e. The van der Waals surface area contributed by atoms with Gasteiger partial charge in [0.2, 0.25) is 0 Å². The van der Waals surface area contributed by atoms with E-state index in [0.717, 1.165) is 45.2 Å². The van der Waals surface area contributed by atoms with Crippen molar-refractivity contribution < 1.29 is 4.74 Å². The number of piperazine rings is 1. The molecular weight excluding hydrogens is 326 g/mol. The van der Waals surface area contributed by atoms with E-state index < -0.39 is 0 Å². The molecule has 26 heavy (non-hydrogen) atoms. The highest BCUT2D eigenvalue weighted by molar-refractivity contribution is 5.79. The molecule has 1 aliphatic rings. The van der Waals surface area contributed by atoms with Gasteiger partial charge in [-0.25, -0.2) is 0 Å². The zero-order valence-corrected chi connectivity index (χ0v) is 18.1. The molecule has 0 aromatic carbocycles. The Hall–Kier alpha value is -0.850. The van der Waals surface area contributed by atoms with E-state index in [2.05, 4.69) is 62.1 Å². The molecule has 6 nitrogen and oxygen atoms in total. The predicted octanol–water partition coefficient (Wildman–Crippen LogP) is 1.88. The van der Waals surface area contributed by atoms with E-state index in [1.165, 1.54) is 26.2 Å². The van der Waals surface area contributed by atoms with Gasteiger partial charge >= 0.3 is 0 Å². The van der Waals surface area contributed by atoms with Crippen LogP contribution in [0.3, 0.4) is 0 Å². The van der Waals surface area contributed by atoms with Crippen LogP contribution in [0.15, 0.2) is 4.99 Å². The monoisotopic (exact) mass is 369 g/mol. The standard InChI is InChI=1S/C20H43N5O/c1-7-21-20(22-10-9-19(17(3)4)26-8-2)23-15-18(5)16-25-13-11-24(6)12-14-25/h17-19H,7-16H2,1-6H3,(H2,21,22,23). The average molecular weight is 370 g/mol. The van der Waals surface area contributed by atoms with E-state index in [9.17, 15) is 0 Å². The van der Waals surface area contributed by atoms with Crippen molar-refractivity contribution in [2.45, 2.75) is 47.1 Å². The van der Waals surface area contributed by atoms with Crippen LogP contribution < -0.4 is 10.6 Å². The summed E-state index contributed by atoms with van der Waals surface area (Å²) in [7, 11) is 2.20. The van der Waals surface area contributed by atoms with Crippen LogP contribution in [0.5, 0.6) is 0 Å². The molecule has 2 atom stereocenters. The second kappa shape index (κ2) is 13.3. The lowest BCUT2D eigenvalue weighted by atomic mass is 10.0. The third-order valence-corrected chi connectivity index (χ3v) is 4.92. The average Bonchev–Trinajstić information content (AvgIpc) is 2.60. The Morgan fingerprint density at radius 3 is 2.35 bits per heavy atom. The second-order valence-electron chi connectivity index (χ2n) is 7.88. The number of guanidine groups is 1. The lowest BCUT2D eigenvalue weighted by molar-refractivity contribution is 0.0258. The van der Waals surface area contributed by atoms with Crippen molar-refractivity contribution in [3.63, 3.8) is 0 Å². The molecule has 0 bridgehead atoms. The highest BCUT2D eigenvalue weighted by Gasteiger charge is 2.16. The van der Waals surface area contributed by atoms with Gasteiger partial charge in [-0.05, 0) is 39.2 Å². The van der Waals surface area contributed by atoms with Gasteiger partial charge in [0.25, 0.3) is 0 Å². The topological polar surface area (TPSA) is 52.1 Å². The quantitative estimate of drug-likeness (QED) is 0.430. The van der Waals surface area contributed by atoms with E-state index >= 15 is 0 Å². The van der Waals surface area contributed by atoms with E-state index in [1.807, 2.05) is 0 Å². The molecule has 1 fully saturated rings. The SMILES string of the molecule is CCNC(=NCC(C)CN1CCN(C)CC1)NCCC(OCC)C(C)C. The van der Waals surface area contributed by atoms with Crippen LogP contribution >= 0.6 is 0 Å². The molecule has 0 saturated carbocycles. The summed E-state index contributed by atoms with van der Waals surface area (Å²) in [6.45, 7) is 20.2. The molecule has 6 heteroatoms. The molecule has 0 aromatic heterocycles. The maximum absolute atomic E-state index is 5.83. The first kappa shape index (κ1) is 23.2. The fourth-order valence-corrected chi connectivity index (χ4v) is 3.27. The van der Waals surface area contributed by atoms with Gasteiger partial charge in [0.1, 0.15) is 0 Å². The van der Waals surface area contributed by atoms with Crippen LogP contribution in [0.25, 0.3) is 0 Å². The maximum Gasteiger partial charge on any atom is 0.191 e. The van der Waals surface area contributed by atoms with Crippen molar-refractivity contribution in [1.82, 2.24) is 20.4 Å². The maximum atomic E-state index is 5.83. The number of hydrogen-bond donors (Lipinski definition) is 2. The van der Waals surface area contributed by atoms with Gasteiger partial charge in [-0.1, -0.05) is 20.8 Å². The van der Waals surface area contributed by atoms with Gasteiger partial charge in [-0.3, -0.25) is 4.99 Å². The Labute approximate surface area is 161 Å². The van der Waals surface area contributed by atoms with Crippen molar-refractivity contribution in [2.24, 2.45) is 16.8 Å². The molecule has 0 amide bonds. The molecule has 1 aliphatic heterocycles. The van der Waals surface area contributed by atoms with Crippen molar-refractivity contribution in [2.75, 3.05) is 66.0 Å². The zero-order chi connectivity index (χ0) is 19.4. The lowest BCUT2D eigenvalue weighted by Crippen LogP contribution is -2.46. The summed E-state index contributed by atoms with van der Waals surface area (Å²) < 4.78 is 5.83. The van der Waals surface area contributed by atoms with Gasteiger partial charge in [-0.2, -0.15) is 0 Å². The van der Waals surface area contributed by atoms with E-state index in [1.54, 1.807) is 0 Å². The molecule has 154 valence electrons. The first-order valence-corrected chi connectivity index (χ1v) is 10.5. The zero-order valence-electron chi connectivity index (χ0n) is 18.1. The van der Waals surface area contributed by atoms with Crippen molar-refractivity contribution in [3.05, 3.63) is 0 Å². The number of likely N-dealkylation sites (N-methyl/N-ethyl adjacent to an activating group) is 1. The Morgan fingerprint density at radius 2 is 1.77 bits per heavy atom. The molecule has 1 heterocycles. The van der Waals surface area contributed by atoms with Crippen molar-refractivity contribution in [3.8, 4) is 0 Å². The number of nitrogens with zero attached hydrogens (tertiary/aromatic N) is 3. The fourth-order valence-electron chi connectivity index (χ4n) is 3.27. The number of ether oxygens (including phenoxy) is 1. The summed E-state index contributed by atoms with van der Waals surface area (Å²) in [5.74, 6) is 2.04. The fraction of sp³-hybridized carbons (Fsp3) is 0.950. The Balaban J connectivity index is 2.37. The van der Waals surface area contributed by atoms with Crippen LogP contribution in [0.1, 0.15) is 41.0 Å². The number of rotatable bonds is 11. The van der Waals surface area contributed by atoms with Gasteiger partial charge in [-0.15, -0.1) is 0 Å². The molecule has 0 spiro atoms. The van der Waals surface area contributed by atoms with Gasteiger partial charge < -0.3 is 25.2 Å². The number of hydrogen-bond acceptors (Lipinski definition) is 4. The molecule has 0 radical (unpaired) electrons. The van der Waals surface area contributed by atoms with Crippen molar-refractivity contribution in [1.29, 1.82) is 0 Å². The van der Waals surface area contributed by atoms with Crippen LogP contribution in [-0.4, -0.2) is 87.9 Å². The number of aliphatic imine (C=N–C) groups is 1. The molecule has 2 unspecified atom stereocenters. The summed E-state index contributed by atoms with van der Waals surface area (Å²) in [6.07, 6.45) is 1.32. The third kappa shape index (κ3) is 9.74. The third-order valence-electron chi connectivity index (χ3n) is 4.92. The van der Waals surface area contributed by atoms with Crippen LogP contribution in [0.4, 0.5) is 0 Å². The minimum atomic E-state index is 0.312. The molecule has 0 aliphatic carbocycles. The van der Waals surface area contributed by atoms with Crippen molar-refractivity contribution >= 4 is 5.96 Å². The van der Waals surface area contributed by atoms with E-state index in [-0.39, 0.29) is 0 Å². The summed E-state index contributed by atoms with van der Waals surface area (Å²) in [4.78, 5) is 9.77. The summed E-state index contributed by atoms with van der Waals surface area (Å²) in [5.41, 5.74) is 0. The summed E-state index contributed by atoms with van der Waals surface area (Å²) >= 11 is 0. The first-order valence-electron chi connectivity index (χ1n) is 10.5. The Kier molecular flexibility index (Phi) is 11.9. The highest BCUT2D eigenvalue weighted by Crippen LogP contribution is 2.10. The summed E-state index contributed by atoms with van der Waals surface area (Å²) in [6, 6.07) is 0. The minimum absolute atomic E-state index is 0.312. The van der Waals surface area contributed by atoms with Crippen LogP contribution in [0, 0.1) is 11.8 Å². The normalized spacial score (nSPS) is 19.6. The predicted molar refractivity (Wildman–Crippen MR) is 112 cm³/mol. The Bertz CT molecular complexity index is 380. The lowest BCUT2D eigenvalue weighted by Gasteiger charge is -2.33. The van der Waals surface area contributed by atoms with Gasteiger partial charge in [0.15, 0.2) is 5.96 Å². The Morgan fingerprint density at radius 1 is 1.08 bits per heavy atom. The summed E-state index contributed by atoms with van der Waals surface area (Å²) in [5, 5.41) is 6.83. The van der Waals surface area contributed by atoms with Gasteiger partial charge in [0, 0.05) is 59.0 Å². The van der Waals surface area contributed by atoms with Gasteiger partial charge in [0.05, 0.1) is 6.10 Å². The minimum Gasteiger partial charge on any atom is -0.378 e. The van der Waals surface area contributed by atoms with E-state index in [0.29, 0.717) is 17.9 Å². The van der Waals surface area contributed by atoms with Crippen LogP contribution in [-0.2, 0) is 4.74 Å². The van der Waals surface area contributed by atoms with E-state index in [4.69, 9.17) is 9.73 Å². The molecule has 1 saturated heterocycles. The second-order valence-corrected chi connectivity index (χ2v) is 7.88. The molecule has 1 rings (SSSR count). The first-order chi connectivity index (χ1) is 12.5. The largest absolute Gasteiger partial charge is 0.378 e. The molecule has 2 N–H and O–H groups in total. The highest BCUT2D eigenvalue weighted by atomic mass is 16.5. The van der Waals surface area contributed by atoms with Crippen LogP contribution in [0.2, 0.25) is 0 Å². The molecule has 0 aromatic rings. The molecular formula is C20H43N5O.